The fourth-order valence-electron chi connectivity index (χ4n) is 0.823. The lowest BCUT2D eigenvalue weighted by atomic mass is 10.3. The minimum Gasteiger partial charge on any atom is -0.477 e. The van der Waals surface area contributed by atoms with Crippen molar-refractivity contribution in [1.82, 2.24) is 0 Å². The lowest BCUT2D eigenvalue weighted by Gasteiger charge is -2.12. The molecule has 1 rings (SSSR count). The largest absolute Gasteiger partial charge is 0.477 e. The van der Waals surface area contributed by atoms with Gasteiger partial charge in [0.2, 0.25) is 0 Å². The number of carbonyl (C=O) groups is 1. The maximum atomic E-state index is 12.6. The Bertz CT molecular complexity index is 338. The third-order valence-electron chi connectivity index (χ3n) is 1.67. The highest BCUT2D eigenvalue weighted by Gasteiger charge is 2.38. The van der Waals surface area contributed by atoms with Crippen LogP contribution in [0.3, 0.4) is 0 Å². The molecule has 0 aliphatic carbocycles. The van der Waals surface area contributed by atoms with Crippen LogP contribution in [0.2, 0.25) is 0 Å². The van der Waals surface area contributed by atoms with Gasteiger partial charge in [0, 0.05) is 11.1 Å². The van der Waals surface area contributed by atoms with Gasteiger partial charge in [-0.3, -0.25) is 0 Å². The van der Waals surface area contributed by atoms with Crippen molar-refractivity contribution in [2.75, 3.05) is 11.9 Å². The van der Waals surface area contributed by atoms with E-state index in [2.05, 4.69) is 5.32 Å². The zero-order valence-corrected chi connectivity index (χ0v) is 8.20. The summed E-state index contributed by atoms with van der Waals surface area (Å²) in [5.41, 5.74) is 1.38. The number of carboxylic acids is 1. The van der Waals surface area contributed by atoms with Crippen LogP contribution in [0, 0.1) is 6.92 Å². The number of alkyl halides is 2. The number of anilines is 1. The maximum absolute atomic E-state index is 12.6. The number of aliphatic carboxylic acids is 1. The first kappa shape index (κ1) is 10.9. The molecule has 6 heteroatoms. The maximum Gasteiger partial charge on any atom is 0.376 e. The Morgan fingerprint density at radius 2 is 2.29 bits per heavy atom. The lowest BCUT2D eigenvalue weighted by molar-refractivity contribution is -0.162. The molecule has 2 N–H and O–H groups in total. The van der Waals surface area contributed by atoms with Crippen molar-refractivity contribution >= 4 is 23.0 Å². The van der Waals surface area contributed by atoms with Gasteiger partial charge in [0.25, 0.3) is 0 Å². The Kier molecular flexibility index (Phi) is 3.05. The second kappa shape index (κ2) is 3.91. The van der Waals surface area contributed by atoms with E-state index in [-0.39, 0.29) is 0 Å². The first-order valence-corrected chi connectivity index (χ1v) is 4.75. The molecule has 0 saturated heterocycles. The van der Waals surface area contributed by atoms with E-state index in [1.165, 1.54) is 11.3 Å². The summed E-state index contributed by atoms with van der Waals surface area (Å²) in [5, 5.41) is 14.0. The number of halogens is 2. The highest BCUT2D eigenvalue weighted by atomic mass is 32.1. The average molecular weight is 221 g/mol. The number of carboxylic acid groups (broad SMARTS) is 1. The van der Waals surface area contributed by atoms with E-state index in [0.717, 1.165) is 5.56 Å². The van der Waals surface area contributed by atoms with Crippen molar-refractivity contribution in [3.05, 3.63) is 16.3 Å². The monoisotopic (exact) mass is 221 g/mol. The van der Waals surface area contributed by atoms with Gasteiger partial charge in [-0.05, 0) is 17.9 Å². The van der Waals surface area contributed by atoms with Crippen LogP contribution < -0.4 is 5.32 Å². The van der Waals surface area contributed by atoms with E-state index >= 15 is 0 Å². The van der Waals surface area contributed by atoms with Crippen LogP contribution in [0.4, 0.5) is 14.5 Å². The van der Waals surface area contributed by atoms with Gasteiger partial charge >= 0.3 is 11.9 Å². The van der Waals surface area contributed by atoms with Gasteiger partial charge in [0.15, 0.2) is 0 Å². The molecule has 0 atom stereocenters. The smallest absolute Gasteiger partial charge is 0.376 e. The summed E-state index contributed by atoms with van der Waals surface area (Å²) in [5.74, 6) is -5.84. The number of hydrogen-bond donors (Lipinski definition) is 2. The molecular weight excluding hydrogens is 212 g/mol. The molecule has 1 heterocycles. The third kappa shape index (κ3) is 2.41. The van der Waals surface area contributed by atoms with Gasteiger partial charge in [0.1, 0.15) is 0 Å². The van der Waals surface area contributed by atoms with Gasteiger partial charge in [-0.25, -0.2) is 4.79 Å². The molecule has 0 radical (unpaired) electrons. The van der Waals surface area contributed by atoms with E-state index in [9.17, 15) is 13.6 Å². The van der Waals surface area contributed by atoms with Gasteiger partial charge in [-0.2, -0.15) is 8.78 Å². The molecule has 0 saturated carbocycles. The molecule has 0 fully saturated rings. The Hall–Kier alpha value is -1.17. The standard InChI is InChI=1S/C8H9F2NO2S/c1-5-2-14-3-6(5)11-4-8(9,10)7(12)13/h2-3,11H,4H2,1H3,(H,12,13). The van der Waals surface area contributed by atoms with Crippen molar-refractivity contribution in [2.45, 2.75) is 12.8 Å². The van der Waals surface area contributed by atoms with Crippen molar-refractivity contribution in [1.29, 1.82) is 0 Å². The van der Waals surface area contributed by atoms with Crippen LogP contribution in [-0.2, 0) is 4.79 Å². The molecule has 3 nitrogen and oxygen atoms in total. The quantitative estimate of drug-likeness (QED) is 0.819. The molecule has 78 valence electrons. The van der Waals surface area contributed by atoms with Gasteiger partial charge < -0.3 is 10.4 Å². The molecule has 0 aliphatic rings. The molecule has 0 bridgehead atoms. The molecular formula is C8H9F2NO2S. The Morgan fingerprint density at radius 3 is 2.71 bits per heavy atom. The third-order valence-corrected chi connectivity index (χ3v) is 2.53. The molecule has 0 unspecified atom stereocenters. The van der Waals surface area contributed by atoms with Crippen LogP contribution >= 0.6 is 11.3 Å². The van der Waals surface area contributed by atoms with Gasteiger partial charge in [0.05, 0.1) is 6.54 Å². The Labute approximate surface area is 83.4 Å². The molecule has 1 aromatic heterocycles. The van der Waals surface area contributed by atoms with Crippen molar-refractivity contribution in [3.8, 4) is 0 Å². The molecule has 14 heavy (non-hydrogen) atoms. The van der Waals surface area contributed by atoms with Gasteiger partial charge in [-0.15, -0.1) is 11.3 Å². The van der Waals surface area contributed by atoms with Crippen molar-refractivity contribution in [2.24, 2.45) is 0 Å². The summed E-state index contributed by atoms with van der Waals surface area (Å²) in [7, 11) is 0. The fourth-order valence-corrected chi connectivity index (χ4v) is 1.63. The summed E-state index contributed by atoms with van der Waals surface area (Å²) in [4.78, 5) is 10.1. The zero-order chi connectivity index (χ0) is 10.8. The topological polar surface area (TPSA) is 49.3 Å². The van der Waals surface area contributed by atoms with E-state index in [1.54, 1.807) is 17.7 Å². The van der Waals surface area contributed by atoms with Crippen LogP contribution in [0.1, 0.15) is 5.56 Å². The van der Waals surface area contributed by atoms with Crippen molar-refractivity contribution < 1.29 is 18.7 Å². The number of aryl methyl sites for hydroxylation is 1. The van der Waals surface area contributed by atoms with Gasteiger partial charge in [-0.1, -0.05) is 0 Å². The number of nitrogens with one attached hydrogen (secondary N) is 1. The second-order valence-corrected chi connectivity index (χ2v) is 3.58. The first-order chi connectivity index (χ1) is 6.43. The number of rotatable bonds is 4. The normalized spacial score (nSPS) is 11.4. The molecule has 0 amide bonds. The number of thiophene rings is 1. The zero-order valence-electron chi connectivity index (χ0n) is 7.38. The Balaban J connectivity index is 2.57. The summed E-state index contributed by atoms with van der Waals surface area (Å²) in [6, 6.07) is 0. The SMILES string of the molecule is Cc1cscc1NCC(F)(F)C(=O)O. The minimum atomic E-state index is -3.73. The van der Waals surface area contributed by atoms with Crippen LogP contribution in [0.5, 0.6) is 0 Å². The van der Waals surface area contributed by atoms with Crippen LogP contribution in [-0.4, -0.2) is 23.5 Å². The van der Waals surface area contributed by atoms with E-state index in [0.29, 0.717) is 5.69 Å². The summed E-state index contributed by atoms with van der Waals surface area (Å²) in [6.07, 6.45) is 0. The average Bonchev–Trinajstić information content (AvgIpc) is 2.47. The first-order valence-electron chi connectivity index (χ1n) is 3.81. The molecule has 1 aromatic rings. The van der Waals surface area contributed by atoms with Crippen molar-refractivity contribution in [3.63, 3.8) is 0 Å². The number of hydrogen-bond acceptors (Lipinski definition) is 3. The Morgan fingerprint density at radius 1 is 1.64 bits per heavy atom. The highest BCUT2D eigenvalue weighted by molar-refractivity contribution is 7.08. The summed E-state index contributed by atoms with van der Waals surface area (Å²) in [6.45, 7) is 0.873. The molecule has 0 aliphatic heterocycles. The minimum absolute atomic E-state index is 0.552. The summed E-state index contributed by atoms with van der Waals surface area (Å²) >= 11 is 1.37. The molecule has 0 aromatic carbocycles. The summed E-state index contributed by atoms with van der Waals surface area (Å²) < 4.78 is 25.2. The second-order valence-electron chi connectivity index (χ2n) is 2.83. The highest BCUT2D eigenvalue weighted by Crippen LogP contribution is 2.21. The predicted molar refractivity (Wildman–Crippen MR) is 50.1 cm³/mol. The van der Waals surface area contributed by atoms with E-state index in [1.807, 2.05) is 0 Å². The molecule has 0 spiro atoms. The predicted octanol–water partition coefficient (Wildman–Crippen LogP) is 2.19. The van der Waals surface area contributed by atoms with Crippen LogP contribution in [0.25, 0.3) is 0 Å². The van der Waals surface area contributed by atoms with E-state index in [4.69, 9.17) is 5.11 Å². The lowest BCUT2D eigenvalue weighted by Crippen LogP contribution is -2.36. The fraction of sp³-hybridized carbons (Fsp3) is 0.375. The van der Waals surface area contributed by atoms with Crippen LogP contribution in [0.15, 0.2) is 10.8 Å². The van der Waals surface area contributed by atoms with E-state index < -0.39 is 18.4 Å².